The molecule has 1 amide bonds. The normalized spacial score (nSPS) is 11.0. The Labute approximate surface area is 162 Å². The highest BCUT2D eigenvalue weighted by atomic mass is 32.2. The number of amides is 1. The molecule has 0 atom stereocenters. The Morgan fingerprint density at radius 3 is 2.04 bits per heavy atom. The number of carbonyl (C=O) groups excluding carboxylic acids is 1. The Kier molecular flexibility index (Phi) is 5.83. The second kappa shape index (κ2) is 8.28. The molecule has 3 aromatic rings. The second-order valence-electron chi connectivity index (χ2n) is 5.68. The van der Waals surface area contributed by atoms with Crippen LogP contribution in [0.5, 0.6) is 0 Å². The van der Waals surface area contributed by atoms with E-state index in [1.807, 2.05) is 24.5 Å². The van der Waals surface area contributed by atoms with Crippen LogP contribution in [-0.2, 0) is 10.0 Å². The van der Waals surface area contributed by atoms with Crippen molar-refractivity contribution in [3.8, 4) is 0 Å². The molecule has 138 valence electrons. The summed E-state index contributed by atoms with van der Waals surface area (Å²) < 4.78 is 27.4. The molecular formula is C20H18N2O3S2. The molecule has 0 aromatic heterocycles. The summed E-state index contributed by atoms with van der Waals surface area (Å²) in [6, 6.07) is 22.1. The SMILES string of the molecule is CSc1ccc(S(=O)(=O)Nc2ccc(C(=O)Nc3ccccc3)cc2)cc1. The lowest BCUT2D eigenvalue weighted by Gasteiger charge is -2.10. The Balaban J connectivity index is 1.70. The molecule has 0 unspecified atom stereocenters. The van der Waals surface area contributed by atoms with Gasteiger partial charge in [-0.15, -0.1) is 11.8 Å². The lowest BCUT2D eigenvalue weighted by atomic mass is 10.2. The standard InChI is InChI=1S/C20H18N2O3S2/c1-26-18-11-13-19(14-12-18)27(24,25)22-17-9-7-15(8-10-17)20(23)21-16-5-3-2-4-6-16/h2-14,22H,1H3,(H,21,23). The summed E-state index contributed by atoms with van der Waals surface area (Å²) in [4.78, 5) is 13.4. The molecule has 0 radical (unpaired) electrons. The third-order valence-electron chi connectivity index (χ3n) is 3.80. The predicted molar refractivity (Wildman–Crippen MR) is 110 cm³/mol. The molecular weight excluding hydrogens is 380 g/mol. The van der Waals surface area contributed by atoms with Crippen LogP contribution in [0, 0.1) is 0 Å². The van der Waals surface area contributed by atoms with E-state index in [0.717, 1.165) is 4.90 Å². The van der Waals surface area contributed by atoms with Gasteiger partial charge in [-0.25, -0.2) is 8.42 Å². The first-order valence-electron chi connectivity index (χ1n) is 8.11. The third-order valence-corrected chi connectivity index (χ3v) is 5.94. The molecule has 2 N–H and O–H groups in total. The van der Waals surface area contributed by atoms with Crippen LogP contribution in [0.3, 0.4) is 0 Å². The van der Waals surface area contributed by atoms with Gasteiger partial charge in [-0.1, -0.05) is 18.2 Å². The molecule has 0 saturated carbocycles. The van der Waals surface area contributed by atoms with E-state index < -0.39 is 10.0 Å². The van der Waals surface area contributed by atoms with E-state index in [9.17, 15) is 13.2 Å². The topological polar surface area (TPSA) is 75.3 Å². The quantitative estimate of drug-likeness (QED) is 0.601. The van der Waals surface area contributed by atoms with Crippen molar-refractivity contribution in [2.75, 3.05) is 16.3 Å². The average Bonchev–Trinajstić information content (AvgIpc) is 2.69. The number of anilines is 2. The zero-order chi connectivity index (χ0) is 19.3. The summed E-state index contributed by atoms with van der Waals surface area (Å²) in [7, 11) is -3.68. The molecule has 0 spiro atoms. The van der Waals surface area contributed by atoms with Crippen LogP contribution in [0.4, 0.5) is 11.4 Å². The van der Waals surface area contributed by atoms with Gasteiger partial charge in [-0.05, 0) is 66.9 Å². The zero-order valence-electron chi connectivity index (χ0n) is 14.5. The van der Waals surface area contributed by atoms with Gasteiger partial charge in [0, 0.05) is 21.8 Å². The molecule has 3 aromatic carbocycles. The van der Waals surface area contributed by atoms with Crippen molar-refractivity contribution in [1.82, 2.24) is 0 Å². The molecule has 0 saturated heterocycles. The fraction of sp³-hybridized carbons (Fsp3) is 0.0500. The summed E-state index contributed by atoms with van der Waals surface area (Å²) in [5, 5.41) is 2.78. The Morgan fingerprint density at radius 1 is 0.815 bits per heavy atom. The van der Waals surface area contributed by atoms with Gasteiger partial charge in [-0.2, -0.15) is 0 Å². The van der Waals surface area contributed by atoms with Crippen molar-refractivity contribution in [2.24, 2.45) is 0 Å². The van der Waals surface area contributed by atoms with Crippen LogP contribution in [0.2, 0.25) is 0 Å². The summed E-state index contributed by atoms with van der Waals surface area (Å²) in [6.45, 7) is 0. The Hall–Kier alpha value is -2.77. The molecule has 0 aliphatic heterocycles. The van der Waals surface area contributed by atoms with E-state index in [-0.39, 0.29) is 10.8 Å². The predicted octanol–water partition coefficient (Wildman–Crippen LogP) is 4.46. The third kappa shape index (κ3) is 4.90. The first-order valence-corrected chi connectivity index (χ1v) is 10.8. The van der Waals surface area contributed by atoms with Crippen molar-refractivity contribution >= 4 is 39.1 Å². The maximum atomic E-state index is 12.5. The number of para-hydroxylation sites is 1. The van der Waals surface area contributed by atoms with Crippen LogP contribution >= 0.6 is 11.8 Å². The molecule has 0 aliphatic rings. The lowest BCUT2D eigenvalue weighted by molar-refractivity contribution is 0.102. The summed E-state index contributed by atoms with van der Waals surface area (Å²) in [5.74, 6) is -0.261. The van der Waals surface area contributed by atoms with Gasteiger partial charge in [0.2, 0.25) is 0 Å². The fourth-order valence-electron chi connectivity index (χ4n) is 2.38. The van der Waals surface area contributed by atoms with Crippen molar-refractivity contribution in [2.45, 2.75) is 9.79 Å². The van der Waals surface area contributed by atoms with Gasteiger partial charge in [0.1, 0.15) is 0 Å². The molecule has 0 fully saturated rings. The van der Waals surface area contributed by atoms with E-state index >= 15 is 0 Å². The second-order valence-corrected chi connectivity index (χ2v) is 8.24. The van der Waals surface area contributed by atoms with E-state index in [0.29, 0.717) is 16.9 Å². The lowest BCUT2D eigenvalue weighted by Crippen LogP contribution is -2.14. The van der Waals surface area contributed by atoms with Crippen molar-refractivity contribution in [3.05, 3.63) is 84.4 Å². The highest BCUT2D eigenvalue weighted by Crippen LogP contribution is 2.20. The van der Waals surface area contributed by atoms with Crippen LogP contribution in [-0.4, -0.2) is 20.6 Å². The Morgan fingerprint density at radius 2 is 1.44 bits per heavy atom. The number of thioether (sulfide) groups is 1. The van der Waals surface area contributed by atoms with E-state index in [2.05, 4.69) is 10.0 Å². The first kappa shape index (κ1) is 19.0. The van der Waals surface area contributed by atoms with E-state index in [1.165, 1.54) is 0 Å². The number of benzene rings is 3. The summed E-state index contributed by atoms with van der Waals surface area (Å²) in [5.41, 5.74) is 1.52. The maximum absolute atomic E-state index is 12.5. The zero-order valence-corrected chi connectivity index (χ0v) is 16.2. The molecule has 5 nitrogen and oxygen atoms in total. The van der Waals surface area contributed by atoms with Crippen LogP contribution < -0.4 is 10.0 Å². The minimum atomic E-state index is -3.68. The van der Waals surface area contributed by atoms with Gasteiger partial charge in [-0.3, -0.25) is 9.52 Å². The highest BCUT2D eigenvalue weighted by Gasteiger charge is 2.14. The van der Waals surface area contributed by atoms with Gasteiger partial charge in [0.25, 0.3) is 15.9 Å². The molecule has 0 heterocycles. The largest absolute Gasteiger partial charge is 0.322 e. The molecule has 0 aliphatic carbocycles. The Bertz CT molecular complexity index is 1020. The number of rotatable bonds is 6. The van der Waals surface area contributed by atoms with Crippen LogP contribution in [0.25, 0.3) is 0 Å². The van der Waals surface area contributed by atoms with Gasteiger partial charge in [0.15, 0.2) is 0 Å². The monoisotopic (exact) mass is 398 g/mol. The fourth-order valence-corrected chi connectivity index (χ4v) is 3.85. The molecule has 3 rings (SSSR count). The number of hydrogen-bond acceptors (Lipinski definition) is 4. The molecule has 7 heteroatoms. The number of carbonyl (C=O) groups is 1. The smallest absolute Gasteiger partial charge is 0.261 e. The molecule has 27 heavy (non-hydrogen) atoms. The molecule has 0 bridgehead atoms. The number of sulfonamides is 1. The van der Waals surface area contributed by atoms with E-state index in [4.69, 9.17) is 0 Å². The summed E-state index contributed by atoms with van der Waals surface area (Å²) in [6.07, 6.45) is 1.93. The minimum Gasteiger partial charge on any atom is -0.322 e. The van der Waals surface area contributed by atoms with Gasteiger partial charge < -0.3 is 5.32 Å². The number of nitrogens with one attached hydrogen (secondary N) is 2. The van der Waals surface area contributed by atoms with Crippen LogP contribution in [0.15, 0.2) is 88.7 Å². The van der Waals surface area contributed by atoms with Gasteiger partial charge in [0.05, 0.1) is 4.90 Å². The maximum Gasteiger partial charge on any atom is 0.261 e. The first-order chi connectivity index (χ1) is 13.0. The number of hydrogen-bond donors (Lipinski definition) is 2. The van der Waals surface area contributed by atoms with E-state index in [1.54, 1.807) is 72.4 Å². The van der Waals surface area contributed by atoms with Crippen molar-refractivity contribution in [1.29, 1.82) is 0 Å². The summed E-state index contributed by atoms with van der Waals surface area (Å²) >= 11 is 1.54. The average molecular weight is 399 g/mol. The van der Waals surface area contributed by atoms with Gasteiger partial charge >= 0.3 is 0 Å². The van der Waals surface area contributed by atoms with Crippen molar-refractivity contribution < 1.29 is 13.2 Å². The van der Waals surface area contributed by atoms with Crippen LogP contribution in [0.1, 0.15) is 10.4 Å². The minimum absolute atomic E-state index is 0.186. The highest BCUT2D eigenvalue weighted by molar-refractivity contribution is 7.98. The van der Waals surface area contributed by atoms with Crippen molar-refractivity contribution in [3.63, 3.8) is 0 Å².